The highest BCUT2D eigenvalue weighted by Crippen LogP contribution is 2.22. The Balaban J connectivity index is 1.35. The summed E-state index contributed by atoms with van der Waals surface area (Å²) in [6, 6.07) is 21.7. The van der Waals surface area contributed by atoms with Gasteiger partial charge >= 0.3 is 0 Å². The smallest absolute Gasteiger partial charge is 0.237 e. The van der Waals surface area contributed by atoms with E-state index in [2.05, 4.69) is 71.8 Å². The Morgan fingerprint density at radius 3 is 2.58 bits per heavy atom. The number of likely N-dealkylation sites (tertiary alicyclic amines) is 1. The van der Waals surface area contributed by atoms with Crippen LogP contribution in [0.4, 0.5) is 4.39 Å². The van der Waals surface area contributed by atoms with Gasteiger partial charge in [-0.05, 0) is 46.7 Å². The van der Waals surface area contributed by atoms with E-state index in [-0.39, 0.29) is 23.8 Å². The van der Waals surface area contributed by atoms with E-state index in [1.165, 1.54) is 22.4 Å². The maximum atomic E-state index is 13.9. The van der Waals surface area contributed by atoms with E-state index >= 15 is 0 Å². The Kier molecular flexibility index (Phi) is 7.73. The van der Waals surface area contributed by atoms with Crippen molar-refractivity contribution in [1.82, 2.24) is 15.5 Å². The number of nitrogens with zero attached hydrogens (tertiary/aromatic N) is 1. The molecule has 1 heterocycles. The molecule has 1 fully saturated rings. The van der Waals surface area contributed by atoms with Crippen molar-refractivity contribution in [3.63, 3.8) is 0 Å². The summed E-state index contributed by atoms with van der Waals surface area (Å²) in [4.78, 5) is 15.3. The fourth-order valence-corrected chi connectivity index (χ4v) is 4.84. The summed E-state index contributed by atoms with van der Waals surface area (Å²) < 4.78 is 13.9. The van der Waals surface area contributed by atoms with Crippen LogP contribution >= 0.6 is 0 Å². The van der Waals surface area contributed by atoms with Crippen LogP contribution in [0.15, 0.2) is 66.7 Å². The van der Waals surface area contributed by atoms with Gasteiger partial charge in [0.1, 0.15) is 5.82 Å². The van der Waals surface area contributed by atoms with Crippen LogP contribution in [0.25, 0.3) is 10.8 Å². The van der Waals surface area contributed by atoms with Crippen LogP contribution in [0.3, 0.4) is 0 Å². The van der Waals surface area contributed by atoms with Gasteiger partial charge in [-0.3, -0.25) is 9.69 Å². The van der Waals surface area contributed by atoms with Gasteiger partial charge in [0.15, 0.2) is 0 Å². The molecule has 4 rings (SSSR count). The molecule has 0 bridgehead atoms. The lowest BCUT2D eigenvalue weighted by atomic mass is 10.0. The second-order valence-corrected chi connectivity index (χ2v) is 9.45. The number of amides is 1. The molecule has 0 unspecified atom stereocenters. The highest BCUT2D eigenvalue weighted by molar-refractivity contribution is 5.85. The molecule has 1 amide bonds. The van der Waals surface area contributed by atoms with Crippen LogP contribution in [0.5, 0.6) is 0 Å². The predicted octanol–water partition coefficient (Wildman–Crippen LogP) is 4.53. The largest absolute Gasteiger partial charge is 0.354 e. The zero-order chi connectivity index (χ0) is 23.2. The minimum Gasteiger partial charge on any atom is -0.354 e. The Morgan fingerprint density at radius 2 is 1.76 bits per heavy atom. The third kappa shape index (κ3) is 5.98. The van der Waals surface area contributed by atoms with Crippen molar-refractivity contribution >= 4 is 16.7 Å². The fraction of sp³-hybridized carbons (Fsp3) is 0.393. The molecule has 1 aliphatic heterocycles. The van der Waals surface area contributed by atoms with Gasteiger partial charge in [0.25, 0.3) is 0 Å². The zero-order valence-corrected chi connectivity index (χ0v) is 19.6. The summed E-state index contributed by atoms with van der Waals surface area (Å²) in [5.74, 6) is 0.309. The van der Waals surface area contributed by atoms with Gasteiger partial charge in [-0.25, -0.2) is 4.39 Å². The van der Waals surface area contributed by atoms with Crippen molar-refractivity contribution in [3.05, 3.63) is 83.7 Å². The first kappa shape index (κ1) is 23.4. The van der Waals surface area contributed by atoms with Crippen molar-refractivity contribution in [1.29, 1.82) is 0 Å². The second kappa shape index (κ2) is 10.9. The number of rotatable bonds is 9. The molecule has 3 aromatic carbocycles. The first-order valence-electron chi connectivity index (χ1n) is 12.0. The number of carbonyl (C=O) groups is 1. The maximum Gasteiger partial charge on any atom is 0.237 e. The van der Waals surface area contributed by atoms with Crippen LogP contribution < -0.4 is 10.6 Å². The third-order valence-electron chi connectivity index (χ3n) is 6.42. The molecule has 1 saturated heterocycles. The van der Waals surface area contributed by atoms with Crippen molar-refractivity contribution in [2.24, 2.45) is 5.92 Å². The van der Waals surface area contributed by atoms with Crippen molar-refractivity contribution in [2.75, 3.05) is 19.6 Å². The van der Waals surface area contributed by atoms with Gasteiger partial charge in [-0.2, -0.15) is 0 Å². The molecular weight excluding hydrogens is 413 g/mol. The molecule has 3 aromatic rings. The molecule has 0 radical (unpaired) electrons. The number of carbonyl (C=O) groups excluding carboxylic acids is 1. The van der Waals surface area contributed by atoms with E-state index < -0.39 is 0 Å². The molecule has 5 heteroatoms. The van der Waals surface area contributed by atoms with Crippen LogP contribution in [-0.4, -0.2) is 42.5 Å². The first-order chi connectivity index (χ1) is 16.0. The SMILES string of the molecule is CC(C)CN1C[C@@H](NCc2cccc3ccccc23)C[C@H]1C(=O)NCCc1ccccc1F. The molecule has 4 nitrogen and oxygen atoms in total. The maximum absolute atomic E-state index is 13.9. The van der Waals surface area contributed by atoms with Gasteiger partial charge < -0.3 is 10.6 Å². The number of hydrogen-bond donors (Lipinski definition) is 2. The molecule has 2 atom stereocenters. The van der Waals surface area contributed by atoms with Gasteiger partial charge in [-0.15, -0.1) is 0 Å². The van der Waals surface area contributed by atoms with Gasteiger partial charge in [-0.1, -0.05) is 74.5 Å². The van der Waals surface area contributed by atoms with Gasteiger partial charge in [0.2, 0.25) is 5.91 Å². The quantitative estimate of drug-likeness (QED) is 0.507. The Morgan fingerprint density at radius 1 is 1.03 bits per heavy atom. The monoisotopic (exact) mass is 447 g/mol. The first-order valence-corrected chi connectivity index (χ1v) is 12.0. The number of benzene rings is 3. The lowest BCUT2D eigenvalue weighted by Gasteiger charge is -2.25. The van der Waals surface area contributed by atoms with E-state index in [1.807, 2.05) is 6.07 Å². The average Bonchev–Trinajstić information content (AvgIpc) is 3.21. The molecule has 0 saturated carbocycles. The van der Waals surface area contributed by atoms with Crippen molar-refractivity contribution < 1.29 is 9.18 Å². The van der Waals surface area contributed by atoms with Crippen LogP contribution in [-0.2, 0) is 17.8 Å². The van der Waals surface area contributed by atoms with Crippen LogP contribution in [0.2, 0.25) is 0 Å². The molecule has 33 heavy (non-hydrogen) atoms. The summed E-state index contributed by atoms with van der Waals surface area (Å²) in [5.41, 5.74) is 1.92. The van der Waals surface area contributed by atoms with E-state index in [0.29, 0.717) is 24.4 Å². The third-order valence-corrected chi connectivity index (χ3v) is 6.42. The lowest BCUT2D eigenvalue weighted by molar-refractivity contribution is -0.125. The minimum atomic E-state index is -0.216. The lowest BCUT2D eigenvalue weighted by Crippen LogP contribution is -2.45. The normalized spacial score (nSPS) is 18.8. The predicted molar refractivity (Wildman–Crippen MR) is 133 cm³/mol. The van der Waals surface area contributed by atoms with Gasteiger partial charge in [0, 0.05) is 32.2 Å². The summed E-state index contributed by atoms with van der Waals surface area (Å²) in [5, 5.41) is 9.26. The highest BCUT2D eigenvalue weighted by Gasteiger charge is 2.36. The topological polar surface area (TPSA) is 44.4 Å². The Bertz CT molecular complexity index is 1080. The minimum absolute atomic E-state index is 0.0430. The number of fused-ring (bicyclic) bond motifs is 1. The number of nitrogens with one attached hydrogen (secondary N) is 2. The van der Waals surface area contributed by atoms with Crippen molar-refractivity contribution in [3.8, 4) is 0 Å². The average molecular weight is 448 g/mol. The summed E-state index contributed by atoms with van der Waals surface area (Å²) >= 11 is 0. The van der Waals surface area contributed by atoms with Gasteiger partial charge in [0.05, 0.1) is 6.04 Å². The fourth-order valence-electron chi connectivity index (χ4n) is 4.84. The molecular formula is C28H34FN3O. The number of hydrogen-bond acceptors (Lipinski definition) is 3. The Hall–Kier alpha value is -2.76. The van der Waals surface area contributed by atoms with E-state index in [1.54, 1.807) is 12.1 Å². The van der Waals surface area contributed by atoms with Crippen LogP contribution in [0.1, 0.15) is 31.4 Å². The summed E-state index contributed by atoms with van der Waals surface area (Å²) in [6.07, 6.45) is 1.28. The van der Waals surface area contributed by atoms with E-state index in [0.717, 1.165) is 26.1 Å². The molecule has 2 N–H and O–H groups in total. The standard InChI is InChI=1S/C28H34FN3O/c1-20(2)18-32-19-24(31-17-23-11-7-10-21-8-3-5-12-25(21)23)16-27(32)28(33)30-15-14-22-9-4-6-13-26(22)29/h3-13,20,24,27,31H,14-19H2,1-2H3,(H,30,33)/t24-,27-/m0/s1. The zero-order valence-electron chi connectivity index (χ0n) is 19.6. The van der Waals surface area contributed by atoms with Crippen LogP contribution in [0, 0.1) is 11.7 Å². The molecule has 1 aliphatic rings. The molecule has 0 aromatic heterocycles. The van der Waals surface area contributed by atoms with E-state index in [9.17, 15) is 9.18 Å². The highest BCUT2D eigenvalue weighted by atomic mass is 19.1. The van der Waals surface area contributed by atoms with Crippen molar-refractivity contribution in [2.45, 2.75) is 45.3 Å². The Labute approximate surface area is 196 Å². The molecule has 0 spiro atoms. The summed E-state index contributed by atoms with van der Waals surface area (Å²) in [7, 11) is 0. The number of halogens is 1. The van der Waals surface area contributed by atoms with E-state index in [4.69, 9.17) is 0 Å². The second-order valence-electron chi connectivity index (χ2n) is 9.45. The molecule has 174 valence electrons. The molecule has 0 aliphatic carbocycles. The summed E-state index contributed by atoms with van der Waals surface area (Å²) in [6.45, 7) is 7.34.